The lowest BCUT2D eigenvalue weighted by Gasteiger charge is -2.20. The lowest BCUT2D eigenvalue weighted by Crippen LogP contribution is -2.46. The molecule has 0 radical (unpaired) electrons. The van der Waals surface area contributed by atoms with E-state index in [1.807, 2.05) is 44.2 Å². The van der Waals surface area contributed by atoms with Crippen molar-refractivity contribution >= 4 is 23.6 Å². The molecule has 1 aliphatic heterocycles. The number of rotatable bonds is 5. The molecule has 5 nitrogen and oxygen atoms in total. The van der Waals surface area contributed by atoms with Gasteiger partial charge in [0.1, 0.15) is 6.04 Å². The van der Waals surface area contributed by atoms with Crippen LogP contribution in [0.1, 0.15) is 19.4 Å². The second-order valence-corrected chi connectivity index (χ2v) is 7.47. The minimum atomic E-state index is -0.856. The first-order chi connectivity index (χ1) is 9.88. The molecule has 0 aromatic heterocycles. The van der Waals surface area contributed by atoms with E-state index in [9.17, 15) is 14.7 Å². The smallest absolute Gasteiger partial charge is 0.322 e. The first kappa shape index (κ1) is 15.9. The number of carbonyl (C=O) groups is 2. The summed E-state index contributed by atoms with van der Waals surface area (Å²) in [4.78, 5) is 23.1. The molecule has 114 valence electrons. The molecular weight excluding hydrogens is 288 g/mol. The lowest BCUT2D eigenvalue weighted by atomic mass is 10.0. The Kier molecular flexibility index (Phi) is 4.90. The number of carboxylic acids is 1. The molecular formula is C15H20N2O3S. The van der Waals surface area contributed by atoms with Crippen LogP contribution < -0.4 is 10.6 Å². The van der Waals surface area contributed by atoms with Crippen LogP contribution in [0.3, 0.4) is 0 Å². The monoisotopic (exact) mass is 308 g/mol. The molecule has 1 amide bonds. The third-order valence-corrected chi connectivity index (χ3v) is 4.86. The minimum Gasteiger partial charge on any atom is -0.480 e. The summed E-state index contributed by atoms with van der Waals surface area (Å²) in [6.07, 6.45) is 0.337. The first-order valence-corrected chi connectivity index (χ1v) is 7.74. The molecule has 1 aliphatic rings. The first-order valence-electron chi connectivity index (χ1n) is 6.86. The van der Waals surface area contributed by atoms with Crippen LogP contribution in [0, 0.1) is 0 Å². The highest BCUT2D eigenvalue weighted by molar-refractivity contribution is 8.01. The maximum absolute atomic E-state index is 11.9. The fourth-order valence-electron chi connectivity index (χ4n) is 2.37. The fourth-order valence-corrected chi connectivity index (χ4v) is 3.78. The SMILES string of the molecule is CC1(C)SC(CNC(=O)Cc2ccccc2)NC1C(=O)O. The zero-order chi connectivity index (χ0) is 15.5. The van der Waals surface area contributed by atoms with Gasteiger partial charge >= 0.3 is 5.97 Å². The van der Waals surface area contributed by atoms with Crippen LogP contribution >= 0.6 is 11.8 Å². The van der Waals surface area contributed by atoms with Crippen LogP contribution in [0.15, 0.2) is 30.3 Å². The Bertz CT molecular complexity index is 519. The summed E-state index contributed by atoms with van der Waals surface area (Å²) in [6, 6.07) is 8.93. The molecule has 0 aliphatic carbocycles. The Morgan fingerprint density at radius 1 is 1.33 bits per heavy atom. The topological polar surface area (TPSA) is 78.4 Å². The van der Waals surface area contributed by atoms with E-state index in [1.165, 1.54) is 0 Å². The summed E-state index contributed by atoms with van der Waals surface area (Å²) in [6.45, 7) is 4.22. The van der Waals surface area contributed by atoms with Crippen LogP contribution in [0.2, 0.25) is 0 Å². The molecule has 1 aromatic carbocycles. The molecule has 0 spiro atoms. The largest absolute Gasteiger partial charge is 0.480 e. The Hall–Kier alpha value is -1.53. The van der Waals surface area contributed by atoms with E-state index in [4.69, 9.17) is 0 Å². The predicted octanol–water partition coefficient (Wildman–Crippen LogP) is 1.24. The second kappa shape index (κ2) is 6.49. The van der Waals surface area contributed by atoms with Gasteiger partial charge in [-0.3, -0.25) is 14.9 Å². The van der Waals surface area contributed by atoms with Gasteiger partial charge in [-0.15, -0.1) is 11.8 Å². The normalized spacial score (nSPS) is 23.7. The number of carboxylic acid groups (broad SMARTS) is 1. The molecule has 21 heavy (non-hydrogen) atoms. The summed E-state index contributed by atoms with van der Waals surface area (Å²) in [5.41, 5.74) is 0.964. The van der Waals surface area contributed by atoms with Gasteiger partial charge in [0.25, 0.3) is 0 Å². The van der Waals surface area contributed by atoms with Crippen LogP contribution in [-0.2, 0) is 16.0 Å². The van der Waals surface area contributed by atoms with E-state index in [0.29, 0.717) is 13.0 Å². The average molecular weight is 308 g/mol. The molecule has 1 fully saturated rings. The minimum absolute atomic E-state index is 0.0554. The zero-order valence-electron chi connectivity index (χ0n) is 12.1. The van der Waals surface area contributed by atoms with Crippen molar-refractivity contribution < 1.29 is 14.7 Å². The van der Waals surface area contributed by atoms with Crippen molar-refractivity contribution in [2.45, 2.75) is 36.4 Å². The number of carbonyl (C=O) groups excluding carboxylic acids is 1. The summed E-state index contributed by atoms with van der Waals surface area (Å²) in [5.74, 6) is -0.911. The summed E-state index contributed by atoms with van der Waals surface area (Å²) in [7, 11) is 0. The Labute approximate surface area is 128 Å². The van der Waals surface area contributed by atoms with E-state index in [0.717, 1.165) is 5.56 Å². The fraction of sp³-hybridized carbons (Fsp3) is 0.467. The summed E-state index contributed by atoms with van der Waals surface area (Å²) in [5, 5.41) is 15.0. The van der Waals surface area contributed by atoms with E-state index >= 15 is 0 Å². The number of amides is 1. The lowest BCUT2D eigenvalue weighted by molar-refractivity contribution is -0.139. The van der Waals surface area contributed by atoms with Gasteiger partial charge in [0, 0.05) is 11.3 Å². The van der Waals surface area contributed by atoms with E-state index in [2.05, 4.69) is 10.6 Å². The number of aliphatic carboxylic acids is 1. The van der Waals surface area contributed by atoms with Crippen molar-refractivity contribution in [1.82, 2.24) is 10.6 Å². The highest BCUT2D eigenvalue weighted by atomic mass is 32.2. The highest BCUT2D eigenvalue weighted by Gasteiger charge is 2.44. The van der Waals surface area contributed by atoms with Gasteiger partial charge in [-0.25, -0.2) is 0 Å². The average Bonchev–Trinajstić information content (AvgIpc) is 2.73. The van der Waals surface area contributed by atoms with Crippen molar-refractivity contribution in [3.05, 3.63) is 35.9 Å². The van der Waals surface area contributed by atoms with Crippen molar-refractivity contribution in [2.24, 2.45) is 0 Å². The van der Waals surface area contributed by atoms with Crippen LogP contribution in [-0.4, -0.2) is 39.7 Å². The zero-order valence-corrected chi connectivity index (χ0v) is 12.9. The van der Waals surface area contributed by atoms with Crippen molar-refractivity contribution in [3.8, 4) is 0 Å². The predicted molar refractivity (Wildman–Crippen MR) is 83.2 cm³/mol. The van der Waals surface area contributed by atoms with Gasteiger partial charge in [0.15, 0.2) is 0 Å². The molecule has 6 heteroatoms. The molecule has 1 saturated heterocycles. The number of hydrogen-bond donors (Lipinski definition) is 3. The number of nitrogens with one attached hydrogen (secondary N) is 2. The molecule has 1 heterocycles. The second-order valence-electron chi connectivity index (χ2n) is 5.61. The van der Waals surface area contributed by atoms with Gasteiger partial charge in [0.2, 0.25) is 5.91 Å². The number of hydrogen-bond acceptors (Lipinski definition) is 4. The molecule has 0 saturated carbocycles. The number of benzene rings is 1. The third-order valence-electron chi connectivity index (χ3n) is 3.43. The Morgan fingerprint density at radius 2 is 2.00 bits per heavy atom. The molecule has 2 unspecified atom stereocenters. The van der Waals surface area contributed by atoms with Gasteiger partial charge in [-0.2, -0.15) is 0 Å². The van der Waals surface area contributed by atoms with Gasteiger partial charge in [0.05, 0.1) is 11.8 Å². The van der Waals surface area contributed by atoms with Gasteiger partial charge < -0.3 is 10.4 Å². The maximum atomic E-state index is 11.9. The van der Waals surface area contributed by atoms with Crippen LogP contribution in [0.5, 0.6) is 0 Å². The molecule has 2 atom stereocenters. The summed E-state index contributed by atoms with van der Waals surface area (Å²) >= 11 is 1.55. The maximum Gasteiger partial charge on any atom is 0.322 e. The van der Waals surface area contributed by atoms with Crippen molar-refractivity contribution in [3.63, 3.8) is 0 Å². The quantitative estimate of drug-likeness (QED) is 0.763. The van der Waals surface area contributed by atoms with E-state index in [-0.39, 0.29) is 16.0 Å². The Balaban J connectivity index is 1.81. The molecule has 1 aromatic rings. The van der Waals surface area contributed by atoms with Crippen molar-refractivity contribution in [2.75, 3.05) is 6.54 Å². The third kappa shape index (κ3) is 4.22. The summed E-state index contributed by atoms with van der Waals surface area (Å²) < 4.78 is -0.388. The molecule has 2 rings (SSSR count). The van der Waals surface area contributed by atoms with Crippen molar-refractivity contribution in [1.29, 1.82) is 0 Å². The van der Waals surface area contributed by atoms with Gasteiger partial charge in [-0.1, -0.05) is 30.3 Å². The van der Waals surface area contributed by atoms with Crippen LogP contribution in [0.25, 0.3) is 0 Å². The van der Waals surface area contributed by atoms with E-state index < -0.39 is 12.0 Å². The molecule has 3 N–H and O–H groups in total. The van der Waals surface area contributed by atoms with Gasteiger partial charge in [-0.05, 0) is 19.4 Å². The highest BCUT2D eigenvalue weighted by Crippen LogP contribution is 2.37. The standard InChI is InChI=1S/C15H20N2O3S/c1-15(2)13(14(19)20)17-12(21-15)9-16-11(18)8-10-6-4-3-5-7-10/h3-7,12-13,17H,8-9H2,1-2H3,(H,16,18)(H,19,20). The molecule has 0 bridgehead atoms. The van der Waals surface area contributed by atoms with E-state index in [1.54, 1.807) is 11.8 Å². The number of thioether (sulfide) groups is 1. The Morgan fingerprint density at radius 3 is 2.57 bits per heavy atom. The van der Waals surface area contributed by atoms with Crippen LogP contribution in [0.4, 0.5) is 0 Å².